The standard InChI is InChI=1S/C10H6ClN3O/c11-6-1-2-8-5(3-6)4-7-9(12)15-14-10(7)13-8/h1-4H,12H2. The summed E-state index contributed by atoms with van der Waals surface area (Å²) in [6, 6.07) is 7.32. The molecule has 3 rings (SSSR count). The maximum atomic E-state index is 5.89. The molecule has 1 aromatic carbocycles. The smallest absolute Gasteiger partial charge is 0.231 e. The van der Waals surface area contributed by atoms with E-state index in [-0.39, 0.29) is 5.88 Å². The number of aromatic nitrogens is 2. The van der Waals surface area contributed by atoms with Crippen LogP contribution >= 0.6 is 11.6 Å². The van der Waals surface area contributed by atoms with Crippen molar-refractivity contribution in [1.82, 2.24) is 10.1 Å². The Morgan fingerprint density at radius 1 is 1.27 bits per heavy atom. The van der Waals surface area contributed by atoms with Crippen LogP contribution < -0.4 is 5.73 Å². The van der Waals surface area contributed by atoms with Gasteiger partial charge in [-0.25, -0.2) is 4.98 Å². The average Bonchev–Trinajstić information content (AvgIpc) is 2.57. The van der Waals surface area contributed by atoms with Crippen LogP contribution in [-0.4, -0.2) is 10.1 Å². The van der Waals surface area contributed by atoms with Gasteiger partial charge in [0, 0.05) is 10.4 Å². The van der Waals surface area contributed by atoms with Crippen LogP contribution in [0.5, 0.6) is 0 Å². The first kappa shape index (κ1) is 8.49. The van der Waals surface area contributed by atoms with E-state index in [1.54, 1.807) is 6.07 Å². The molecule has 0 saturated heterocycles. The van der Waals surface area contributed by atoms with Gasteiger partial charge in [-0.3, -0.25) is 0 Å². The van der Waals surface area contributed by atoms with E-state index in [9.17, 15) is 0 Å². The maximum Gasteiger partial charge on any atom is 0.231 e. The van der Waals surface area contributed by atoms with Crippen LogP contribution in [-0.2, 0) is 0 Å². The summed E-state index contributed by atoms with van der Waals surface area (Å²) in [6.45, 7) is 0. The zero-order chi connectivity index (χ0) is 10.4. The van der Waals surface area contributed by atoms with Gasteiger partial charge in [0.2, 0.25) is 11.5 Å². The lowest BCUT2D eigenvalue weighted by Gasteiger charge is -1.96. The highest BCUT2D eigenvalue weighted by molar-refractivity contribution is 6.31. The predicted molar refractivity (Wildman–Crippen MR) is 58.7 cm³/mol. The van der Waals surface area contributed by atoms with Gasteiger partial charge in [-0.15, -0.1) is 0 Å². The molecule has 0 radical (unpaired) electrons. The SMILES string of the molecule is Nc1onc2nc3ccc(Cl)cc3cc12. The molecule has 0 atom stereocenters. The van der Waals surface area contributed by atoms with Crippen molar-refractivity contribution in [1.29, 1.82) is 0 Å². The second-order valence-corrected chi connectivity index (χ2v) is 3.68. The minimum absolute atomic E-state index is 0.277. The van der Waals surface area contributed by atoms with Crippen molar-refractivity contribution < 1.29 is 4.52 Å². The Morgan fingerprint density at radius 3 is 3.00 bits per heavy atom. The maximum absolute atomic E-state index is 5.89. The third-order valence-electron chi connectivity index (χ3n) is 2.25. The summed E-state index contributed by atoms with van der Waals surface area (Å²) in [5, 5.41) is 6.05. The fourth-order valence-corrected chi connectivity index (χ4v) is 1.71. The summed E-state index contributed by atoms with van der Waals surface area (Å²) in [6.07, 6.45) is 0. The van der Waals surface area contributed by atoms with E-state index >= 15 is 0 Å². The van der Waals surface area contributed by atoms with Crippen LogP contribution in [0.1, 0.15) is 0 Å². The fourth-order valence-electron chi connectivity index (χ4n) is 1.53. The molecule has 3 aromatic rings. The summed E-state index contributed by atoms with van der Waals surface area (Å²) >= 11 is 5.89. The first-order chi connectivity index (χ1) is 7.24. The van der Waals surface area contributed by atoms with Crippen molar-refractivity contribution in [2.45, 2.75) is 0 Å². The van der Waals surface area contributed by atoms with E-state index < -0.39 is 0 Å². The molecule has 0 amide bonds. The number of fused-ring (bicyclic) bond motifs is 2. The number of anilines is 1. The Morgan fingerprint density at radius 2 is 2.13 bits per heavy atom. The van der Waals surface area contributed by atoms with E-state index in [1.165, 1.54) is 0 Å². The molecule has 0 spiro atoms. The van der Waals surface area contributed by atoms with Gasteiger partial charge >= 0.3 is 0 Å². The molecule has 2 heterocycles. The van der Waals surface area contributed by atoms with E-state index in [1.807, 2.05) is 18.2 Å². The highest BCUT2D eigenvalue weighted by Crippen LogP contribution is 2.25. The van der Waals surface area contributed by atoms with Crippen LogP contribution in [0.3, 0.4) is 0 Å². The summed E-state index contributed by atoms with van der Waals surface area (Å²) in [5.74, 6) is 0.277. The lowest BCUT2D eigenvalue weighted by atomic mass is 10.2. The van der Waals surface area contributed by atoms with Gasteiger partial charge in [0.05, 0.1) is 10.9 Å². The van der Waals surface area contributed by atoms with Gasteiger partial charge in [0.15, 0.2) is 0 Å². The Hall–Kier alpha value is -1.81. The van der Waals surface area contributed by atoms with Crippen LogP contribution in [0.2, 0.25) is 5.02 Å². The average molecular weight is 220 g/mol. The van der Waals surface area contributed by atoms with Crippen molar-refractivity contribution in [3.8, 4) is 0 Å². The van der Waals surface area contributed by atoms with Crippen LogP contribution in [0.4, 0.5) is 5.88 Å². The van der Waals surface area contributed by atoms with E-state index in [2.05, 4.69) is 10.1 Å². The molecule has 0 saturated carbocycles. The fraction of sp³-hybridized carbons (Fsp3) is 0. The van der Waals surface area contributed by atoms with Gasteiger partial charge in [0.25, 0.3) is 0 Å². The van der Waals surface area contributed by atoms with Gasteiger partial charge in [-0.1, -0.05) is 16.8 Å². The number of nitrogens with zero attached hydrogens (tertiary/aromatic N) is 2. The molecule has 74 valence electrons. The minimum Gasteiger partial charge on any atom is -0.367 e. The molecule has 0 bridgehead atoms. The third kappa shape index (κ3) is 1.22. The minimum atomic E-state index is 0.277. The lowest BCUT2D eigenvalue weighted by Crippen LogP contribution is -1.83. The lowest BCUT2D eigenvalue weighted by molar-refractivity contribution is 0.443. The normalized spacial score (nSPS) is 11.3. The molecule has 5 heteroatoms. The van der Waals surface area contributed by atoms with Gasteiger partial charge in [-0.05, 0) is 24.3 Å². The Kier molecular flexibility index (Phi) is 1.61. The number of pyridine rings is 1. The molecule has 0 fully saturated rings. The molecule has 0 aliphatic rings. The number of rotatable bonds is 0. The number of hydrogen-bond acceptors (Lipinski definition) is 4. The van der Waals surface area contributed by atoms with E-state index in [0.29, 0.717) is 16.1 Å². The van der Waals surface area contributed by atoms with Crippen molar-refractivity contribution in [3.05, 3.63) is 29.3 Å². The van der Waals surface area contributed by atoms with Crippen molar-refractivity contribution >= 4 is 39.4 Å². The van der Waals surface area contributed by atoms with Crippen molar-refractivity contribution in [3.63, 3.8) is 0 Å². The highest BCUT2D eigenvalue weighted by Gasteiger charge is 2.07. The van der Waals surface area contributed by atoms with Gasteiger partial charge in [0.1, 0.15) is 0 Å². The zero-order valence-electron chi connectivity index (χ0n) is 7.57. The molecular weight excluding hydrogens is 214 g/mol. The van der Waals surface area contributed by atoms with Crippen LogP contribution in [0, 0.1) is 0 Å². The molecule has 4 nitrogen and oxygen atoms in total. The summed E-state index contributed by atoms with van der Waals surface area (Å²) in [5.41, 5.74) is 6.94. The Bertz CT molecular complexity index is 662. The highest BCUT2D eigenvalue weighted by atomic mass is 35.5. The second-order valence-electron chi connectivity index (χ2n) is 3.24. The van der Waals surface area contributed by atoms with E-state index in [0.717, 1.165) is 10.9 Å². The molecular formula is C10H6ClN3O. The quantitative estimate of drug-likeness (QED) is 0.631. The second kappa shape index (κ2) is 2.84. The zero-order valence-corrected chi connectivity index (χ0v) is 8.32. The van der Waals surface area contributed by atoms with Crippen molar-refractivity contribution in [2.24, 2.45) is 0 Å². The first-order valence-electron chi connectivity index (χ1n) is 4.35. The predicted octanol–water partition coefficient (Wildman–Crippen LogP) is 2.61. The van der Waals surface area contributed by atoms with Crippen LogP contribution in [0.15, 0.2) is 28.8 Å². The van der Waals surface area contributed by atoms with Gasteiger partial charge < -0.3 is 10.3 Å². The molecule has 2 aromatic heterocycles. The van der Waals surface area contributed by atoms with E-state index in [4.69, 9.17) is 21.9 Å². The number of nitrogen functional groups attached to an aromatic ring is 1. The van der Waals surface area contributed by atoms with Crippen molar-refractivity contribution in [2.75, 3.05) is 5.73 Å². The molecule has 0 aliphatic carbocycles. The number of nitrogens with two attached hydrogens (primary N) is 1. The van der Waals surface area contributed by atoms with Gasteiger partial charge in [-0.2, -0.15) is 0 Å². The Balaban J connectivity index is 2.50. The topological polar surface area (TPSA) is 64.9 Å². The molecule has 2 N–H and O–H groups in total. The number of hydrogen-bond donors (Lipinski definition) is 1. The monoisotopic (exact) mass is 219 g/mol. The molecule has 0 aliphatic heterocycles. The number of benzene rings is 1. The number of halogens is 1. The summed E-state index contributed by atoms with van der Waals surface area (Å²) in [4.78, 5) is 4.30. The summed E-state index contributed by atoms with van der Waals surface area (Å²) in [7, 11) is 0. The summed E-state index contributed by atoms with van der Waals surface area (Å²) < 4.78 is 4.85. The third-order valence-corrected chi connectivity index (χ3v) is 2.49. The molecule has 0 unspecified atom stereocenters. The molecule has 15 heavy (non-hydrogen) atoms. The Labute approximate surface area is 89.6 Å². The van der Waals surface area contributed by atoms with Crippen LogP contribution in [0.25, 0.3) is 21.9 Å². The largest absolute Gasteiger partial charge is 0.367 e. The first-order valence-corrected chi connectivity index (χ1v) is 4.73.